The van der Waals surface area contributed by atoms with Gasteiger partial charge in [0.1, 0.15) is 22.9 Å². The van der Waals surface area contributed by atoms with Gasteiger partial charge in [-0.05, 0) is 73.0 Å². The van der Waals surface area contributed by atoms with E-state index in [1.54, 1.807) is 39.5 Å². The van der Waals surface area contributed by atoms with Gasteiger partial charge in [-0.1, -0.05) is 5.16 Å². The van der Waals surface area contributed by atoms with Crippen molar-refractivity contribution in [1.29, 1.82) is 0 Å². The van der Waals surface area contributed by atoms with E-state index >= 15 is 0 Å². The number of amides is 1. The van der Waals surface area contributed by atoms with Crippen LogP contribution in [-0.2, 0) is 12.8 Å². The van der Waals surface area contributed by atoms with Gasteiger partial charge in [0.25, 0.3) is 5.91 Å². The van der Waals surface area contributed by atoms with E-state index in [9.17, 15) is 4.79 Å². The number of fused-ring (bicyclic) bond motifs is 3. The first kappa shape index (κ1) is 21.6. The summed E-state index contributed by atoms with van der Waals surface area (Å²) in [7, 11) is 4.77. The second-order valence-corrected chi connectivity index (χ2v) is 7.99. The zero-order chi connectivity index (χ0) is 23.7. The largest absolute Gasteiger partial charge is 0.497 e. The molecule has 1 aliphatic carbocycles. The summed E-state index contributed by atoms with van der Waals surface area (Å²) in [6.45, 7) is 0. The second kappa shape index (κ2) is 8.94. The predicted octanol–water partition coefficient (Wildman–Crippen LogP) is 5.39. The van der Waals surface area contributed by atoms with Gasteiger partial charge in [0.15, 0.2) is 5.76 Å². The Bertz CT molecular complexity index is 1340. The minimum absolute atomic E-state index is 0.256. The van der Waals surface area contributed by atoms with Crippen molar-refractivity contribution in [2.75, 3.05) is 26.6 Å². The van der Waals surface area contributed by atoms with E-state index < -0.39 is 0 Å². The molecule has 0 aliphatic heterocycles. The molecule has 172 valence electrons. The highest BCUT2D eigenvalue weighted by atomic mass is 16.5. The quantitative estimate of drug-likeness (QED) is 0.419. The summed E-state index contributed by atoms with van der Waals surface area (Å²) in [6.07, 6.45) is 1.73. The number of methoxy groups -OCH3 is 3. The smallest absolute Gasteiger partial charge is 0.255 e. The molecule has 1 heterocycles. The van der Waals surface area contributed by atoms with Crippen LogP contribution >= 0.6 is 0 Å². The van der Waals surface area contributed by atoms with Crippen molar-refractivity contribution in [3.8, 4) is 39.8 Å². The van der Waals surface area contributed by atoms with Crippen molar-refractivity contribution in [3.63, 3.8) is 0 Å². The third-order valence-corrected chi connectivity index (χ3v) is 6.02. The fourth-order valence-corrected chi connectivity index (χ4v) is 4.22. The molecule has 1 aromatic heterocycles. The minimum atomic E-state index is -0.256. The van der Waals surface area contributed by atoms with Gasteiger partial charge < -0.3 is 24.1 Å². The van der Waals surface area contributed by atoms with Gasteiger partial charge in [0.2, 0.25) is 0 Å². The summed E-state index contributed by atoms with van der Waals surface area (Å²) in [4.78, 5) is 12.8. The number of aromatic nitrogens is 1. The number of ether oxygens (including phenoxy) is 3. The number of hydrogen-bond donors (Lipinski definition) is 1. The standard InChI is InChI=1S/C27H24N2O5/c1-31-20-9-11-23-17(12-20)6-10-24-25(23)29-34-26(24)16-4-7-19(8-5-16)28-27(30)18-13-21(32-2)15-22(14-18)33-3/h4-5,7-9,11-15H,6,10H2,1-3H3,(H,28,30). The number of benzene rings is 3. The van der Waals surface area contributed by atoms with Gasteiger partial charge in [-0.25, -0.2) is 0 Å². The Kier molecular flexibility index (Phi) is 5.67. The van der Waals surface area contributed by atoms with E-state index in [0.717, 1.165) is 46.7 Å². The lowest BCUT2D eigenvalue weighted by Gasteiger charge is -2.16. The molecule has 4 aromatic rings. The maximum atomic E-state index is 12.8. The SMILES string of the molecule is COc1cc(OC)cc(C(=O)Nc2ccc(-c3onc4c3CCc3cc(OC)ccc3-4)cc2)c1. The number of nitrogens with one attached hydrogen (secondary N) is 1. The third-order valence-electron chi connectivity index (χ3n) is 6.02. The Morgan fingerprint density at radius 1 is 0.853 bits per heavy atom. The van der Waals surface area contributed by atoms with Crippen LogP contribution in [0.4, 0.5) is 5.69 Å². The van der Waals surface area contributed by atoms with Crippen molar-refractivity contribution in [2.45, 2.75) is 12.8 Å². The number of carbonyl (C=O) groups excluding carboxylic acids is 1. The maximum absolute atomic E-state index is 12.8. The molecule has 3 aromatic carbocycles. The van der Waals surface area contributed by atoms with Gasteiger partial charge in [-0.15, -0.1) is 0 Å². The summed E-state index contributed by atoms with van der Waals surface area (Å²) in [5.74, 6) is 2.45. The Morgan fingerprint density at radius 3 is 2.24 bits per heavy atom. The van der Waals surface area contributed by atoms with E-state index in [4.69, 9.17) is 18.7 Å². The Balaban J connectivity index is 1.37. The molecule has 7 heteroatoms. The first-order valence-electron chi connectivity index (χ1n) is 10.9. The van der Waals surface area contributed by atoms with Crippen molar-refractivity contribution in [1.82, 2.24) is 5.16 Å². The Labute approximate surface area is 197 Å². The number of anilines is 1. The summed E-state index contributed by atoms with van der Waals surface area (Å²) in [5, 5.41) is 7.28. The van der Waals surface area contributed by atoms with Crippen molar-refractivity contribution in [3.05, 3.63) is 77.4 Å². The molecule has 34 heavy (non-hydrogen) atoms. The van der Waals surface area contributed by atoms with E-state index in [1.165, 1.54) is 5.56 Å². The van der Waals surface area contributed by atoms with Gasteiger partial charge in [-0.3, -0.25) is 4.79 Å². The van der Waals surface area contributed by atoms with Gasteiger partial charge in [0.05, 0.1) is 21.3 Å². The molecule has 1 N–H and O–H groups in total. The highest BCUT2D eigenvalue weighted by Gasteiger charge is 2.25. The molecule has 7 nitrogen and oxygen atoms in total. The Morgan fingerprint density at radius 2 is 1.56 bits per heavy atom. The van der Waals surface area contributed by atoms with Crippen LogP contribution in [0, 0.1) is 0 Å². The van der Waals surface area contributed by atoms with Crippen LogP contribution in [0.15, 0.2) is 65.2 Å². The van der Waals surface area contributed by atoms with Crippen LogP contribution in [0.2, 0.25) is 0 Å². The van der Waals surface area contributed by atoms with E-state index in [0.29, 0.717) is 22.7 Å². The maximum Gasteiger partial charge on any atom is 0.255 e. The highest BCUT2D eigenvalue weighted by Crippen LogP contribution is 2.39. The summed E-state index contributed by atoms with van der Waals surface area (Å²) >= 11 is 0. The van der Waals surface area contributed by atoms with E-state index in [2.05, 4.69) is 16.5 Å². The molecule has 0 saturated heterocycles. The van der Waals surface area contributed by atoms with E-state index in [-0.39, 0.29) is 5.91 Å². The van der Waals surface area contributed by atoms with Crippen molar-refractivity contribution < 1.29 is 23.5 Å². The number of nitrogens with zero attached hydrogens (tertiary/aromatic N) is 1. The van der Waals surface area contributed by atoms with Crippen LogP contribution < -0.4 is 19.5 Å². The molecule has 0 unspecified atom stereocenters. The summed E-state index contributed by atoms with van der Waals surface area (Å²) in [5.41, 5.74) is 6.28. The molecule has 1 aliphatic rings. The van der Waals surface area contributed by atoms with Gasteiger partial charge >= 0.3 is 0 Å². The molecular weight excluding hydrogens is 432 g/mol. The lowest BCUT2D eigenvalue weighted by molar-refractivity contribution is 0.102. The van der Waals surface area contributed by atoms with Gasteiger partial charge in [-0.2, -0.15) is 0 Å². The lowest BCUT2D eigenvalue weighted by atomic mass is 9.88. The van der Waals surface area contributed by atoms with Gasteiger partial charge in [0, 0.05) is 34.0 Å². The predicted molar refractivity (Wildman–Crippen MR) is 129 cm³/mol. The Hall–Kier alpha value is -4.26. The van der Waals surface area contributed by atoms with Crippen LogP contribution in [0.5, 0.6) is 17.2 Å². The monoisotopic (exact) mass is 456 g/mol. The molecule has 0 atom stereocenters. The first-order chi connectivity index (χ1) is 16.6. The molecule has 0 radical (unpaired) electrons. The summed E-state index contributed by atoms with van der Waals surface area (Å²) < 4.78 is 21.6. The topological polar surface area (TPSA) is 82.8 Å². The fourth-order valence-electron chi connectivity index (χ4n) is 4.22. The fraction of sp³-hybridized carbons (Fsp3) is 0.185. The molecule has 5 rings (SSSR count). The number of carbonyl (C=O) groups is 1. The normalized spacial score (nSPS) is 11.9. The average molecular weight is 456 g/mol. The van der Waals surface area contributed by atoms with E-state index in [1.807, 2.05) is 36.4 Å². The number of hydrogen-bond acceptors (Lipinski definition) is 6. The highest BCUT2D eigenvalue weighted by molar-refractivity contribution is 6.04. The summed E-state index contributed by atoms with van der Waals surface area (Å²) in [6, 6.07) is 18.6. The van der Waals surface area contributed by atoms with Crippen molar-refractivity contribution >= 4 is 11.6 Å². The number of rotatable bonds is 6. The number of aryl methyl sites for hydroxylation is 1. The third kappa shape index (κ3) is 3.96. The first-order valence-corrected chi connectivity index (χ1v) is 10.9. The zero-order valence-corrected chi connectivity index (χ0v) is 19.2. The average Bonchev–Trinajstić information content (AvgIpc) is 3.33. The second-order valence-electron chi connectivity index (χ2n) is 7.99. The zero-order valence-electron chi connectivity index (χ0n) is 19.2. The molecular formula is C27H24N2O5. The van der Waals surface area contributed by atoms with Crippen LogP contribution in [0.25, 0.3) is 22.6 Å². The molecule has 0 spiro atoms. The molecule has 1 amide bonds. The minimum Gasteiger partial charge on any atom is -0.497 e. The van der Waals surface area contributed by atoms with Crippen LogP contribution in [0.1, 0.15) is 21.5 Å². The molecule has 0 bridgehead atoms. The van der Waals surface area contributed by atoms with Crippen molar-refractivity contribution in [2.24, 2.45) is 0 Å². The lowest BCUT2D eigenvalue weighted by Crippen LogP contribution is -2.12. The molecule has 0 saturated carbocycles. The molecule has 0 fully saturated rings. The van der Waals surface area contributed by atoms with Crippen LogP contribution in [-0.4, -0.2) is 32.4 Å². The van der Waals surface area contributed by atoms with Crippen LogP contribution in [0.3, 0.4) is 0 Å².